The molecule has 1 rings (SSSR count). The zero-order chi connectivity index (χ0) is 12.0. The summed E-state index contributed by atoms with van der Waals surface area (Å²) in [5.74, 6) is 0.709. The van der Waals surface area contributed by atoms with Crippen molar-refractivity contribution in [3.8, 4) is 0 Å². The molecule has 0 saturated carbocycles. The average Bonchev–Trinajstić information content (AvgIpc) is 2.60. The van der Waals surface area contributed by atoms with Gasteiger partial charge in [-0.1, -0.05) is 0 Å². The molecule has 0 saturated heterocycles. The average molecular weight is 244 g/mol. The summed E-state index contributed by atoms with van der Waals surface area (Å²) in [4.78, 5) is 10.9. The number of nitrogens with zero attached hydrogens (tertiary/aromatic N) is 2. The van der Waals surface area contributed by atoms with E-state index in [0.717, 1.165) is 24.5 Å². The first-order valence-electron chi connectivity index (χ1n) is 4.97. The number of carbonyl (C=O) groups is 1. The first-order chi connectivity index (χ1) is 7.66. The highest BCUT2D eigenvalue weighted by atomic mass is 32.2. The third-order valence-electron chi connectivity index (χ3n) is 2.17. The number of aryl methyl sites for hydroxylation is 1. The number of carboxylic acid groups (broad SMARTS) is 1. The Bertz CT molecular complexity index is 352. The van der Waals surface area contributed by atoms with Gasteiger partial charge in [-0.25, -0.2) is 4.79 Å². The number of thioether (sulfide) groups is 1. The summed E-state index contributed by atoms with van der Waals surface area (Å²) in [7, 11) is 3.44. The zero-order valence-electron chi connectivity index (χ0n) is 9.47. The van der Waals surface area contributed by atoms with Crippen LogP contribution in [0.3, 0.4) is 0 Å². The molecule has 0 aliphatic carbocycles. The smallest absolute Gasteiger partial charge is 0.339 e. The minimum absolute atomic E-state index is 0.293. The number of carboxylic acids is 1. The lowest BCUT2D eigenvalue weighted by molar-refractivity contribution is 0.0696. The number of hydrogen-bond donors (Lipinski definition) is 1. The Labute approximate surface area is 98.8 Å². The number of aromatic nitrogens is 2. The lowest BCUT2D eigenvalue weighted by Crippen LogP contribution is -2.04. The van der Waals surface area contributed by atoms with Gasteiger partial charge in [-0.15, -0.1) is 0 Å². The van der Waals surface area contributed by atoms with Crippen LogP contribution in [0, 0.1) is 0 Å². The fourth-order valence-corrected chi connectivity index (χ4v) is 2.29. The summed E-state index contributed by atoms with van der Waals surface area (Å²) < 4.78 is 6.56. The minimum atomic E-state index is -0.916. The van der Waals surface area contributed by atoms with E-state index < -0.39 is 5.97 Å². The number of hydrogen-bond acceptors (Lipinski definition) is 4. The van der Waals surface area contributed by atoms with Crippen LogP contribution >= 0.6 is 11.8 Å². The van der Waals surface area contributed by atoms with Crippen LogP contribution < -0.4 is 0 Å². The van der Waals surface area contributed by atoms with Crippen LogP contribution in [0.25, 0.3) is 0 Å². The number of methoxy groups -OCH3 is 1. The topological polar surface area (TPSA) is 64.3 Å². The van der Waals surface area contributed by atoms with Gasteiger partial charge in [0.2, 0.25) is 0 Å². The van der Waals surface area contributed by atoms with Crippen LogP contribution in [0.5, 0.6) is 0 Å². The molecule has 5 nitrogen and oxygen atoms in total. The first kappa shape index (κ1) is 13.1. The molecule has 1 N–H and O–H groups in total. The molecule has 1 aromatic rings. The van der Waals surface area contributed by atoms with Crippen molar-refractivity contribution < 1.29 is 14.6 Å². The molecule has 0 amide bonds. The van der Waals surface area contributed by atoms with Gasteiger partial charge in [-0.05, 0) is 12.2 Å². The summed E-state index contributed by atoms with van der Waals surface area (Å²) in [6.07, 6.45) is 2.37. The van der Waals surface area contributed by atoms with E-state index in [9.17, 15) is 4.79 Å². The van der Waals surface area contributed by atoms with Crippen LogP contribution in [0.4, 0.5) is 0 Å². The van der Waals surface area contributed by atoms with Gasteiger partial charge in [0.15, 0.2) is 0 Å². The summed E-state index contributed by atoms with van der Waals surface area (Å²) in [5.41, 5.74) is 1.05. The molecular weight excluding hydrogens is 228 g/mol. The molecule has 0 bridgehead atoms. The molecule has 90 valence electrons. The summed E-state index contributed by atoms with van der Waals surface area (Å²) >= 11 is 1.69. The molecule has 0 radical (unpaired) electrons. The number of rotatable bonds is 7. The van der Waals surface area contributed by atoms with Crippen LogP contribution in [0.15, 0.2) is 6.20 Å². The first-order valence-corrected chi connectivity index (χ1v) is 6.13. The van der Waals surface area contributed by atoms with Crippen molar-refractivity contribution >= 4 is 17.7 Å². The van der Waals surface area contributed by atoms with E-state index in [4.69, 9.17) is 9.84 Å². The normalized spacial score (nSPS) is 10.6. The summed E-state index contributed by atoms with van der Waals surface area (Å²) in [6, 6.07) is 0. The second-order valence-electron chi connectivity index (χ2n) is 3.33. The molecule has 0 fully saturated rings. The molecule has 0 unspecified atom stereocenters. The van der Waals surface area contributed by atoms with E-state index in [-0.39, 0.29) is 0 Å². The molecule has 1 aromatic heterocycles. The molecule has 0 atom stereocenters. The zero-order valence-corrected chi connectivity index (χ0v) is 10.3. The third-order valence-corrected chi connectivity index (χ3v) is 3.22. The van der Waals surface area contributed by atoms with Crippen molar-refractivity contribution in [3.05, 3.63) is 17.5 Å². The van der Waals surface area contributed by atoms with Crippen molar-refractivity contribution in [2.75, 3.05) is 19.5 Å². The van der Waals surface area contributed by atoms with Crippen LogP contribution in [0.2, 0.25) is 0 Å². The third kappa shape index (κ3) is 3.53. The molecule has 0 aliphatic heterocycles. The monoisotopic (exact) mass is 244 g/mol. The van der Waals surface area contributed by atoms with Crippen LogP contribution in [0.1, 0.15) is 22.5 Å². The van der Waals surface area contributed by atoms with Gasteiger partial charge < -0.3 is 9.84 Å². The van der Waals surface area contributed by atoms with Crippen LogP contribution in [-0.4, -0.2) is 40.3 Å². The molecule has 16 heavy (non-hydrogen) atoms. The van der Waals surface area contributed by atoms with E-state index in [1.807, 2.05) is 0 Å². The maximum Gasteiger partial charge on any atom is 0.339 e. The quantitative estimate of drug-likeness (QED) is 0.734. The van der Waals surface area contributed by atoms with Crippen molar-refractivity contribution in [1.29, 1.82) is 0 Å². The number of aromatic carboxylic acids is 1. The Morgan fingerprint density at radius 3 is 3.06 bits per heavy atom. The Hall–Kier alpha value is -1.01. The van der Waals surface area contributed by atoms with Gasteiger partial charge in [-0.3, -0.25) is 4.68 Å². The van der Waals surface area contributed by atoms with E-state index in [2.05, 4.69) is 5.10 Å². The van der Waals surface area contributed by atoms with Crippen LogP contribution in [-0.2, 0) is 17.5 Å². The highest BCUT2D eigenvalue weighted by Crippen LogP contribution is 2.16. The molecule has 6 heteroatoms. The standard InChI is InChI=1S/C10H16N2O3S/c1-12-9(7-16-5-3-4-15-2)8(6-11-12)10(13)14/h6H,3-5,7H2,1-2H3,(H,13,14). The van der Waals surface area contributed by atoms with E-state index >= 15 is 0 Å². The molecule has 0 aromatic carbocycles. The summed E-state index contributed by atoms with van der Waals surface area (Å²) in [6.45, 7) is 0.740. The van der Waals surface area contributed by atoms with Gasteiger partial charge in [0.25, 0.3) is 0 Å². The van der Waals surface area contributed by atoms with Crippen molar-refractivity contribution in [2.45, 2.75) is 12.2 Å². The van der Waals surface area contributed by atoms with Gasteiger partial charge >= 0.3 is 5.97 Å². The predicted molar refractivity (Wildman–Crippen MR) is 62.8 cm³/mol. The summed E-state index contributed by atoms with van der Waals surface area (Å²) in [5, 5.41) is 12.9. The van der Waals surface area contributed by atoms with Crippen molar-refractivity contribution in [1.82, 2.24) is 9.78 Å². The second-order valence-corrected chi connectivity index (χ2v) is 4.44. The lowest BCUT2D eigenvalue weighted by atomic mass is 10.3. The maximum atomic E-state index is 10.9. The van der Waals surface area contributed by atoms with E-state index in [1.54, 1.807) is 30.6 Å². The molecule has 0 spiro atoms. The van der Waals surface area contributed by atoms with Gasteiger partial charge in [0.05, 0.1) is 11.9 Å². The Kier molecular flexibility index (Phi) is 5.34. The fraction of sp³-hybridized carbons (Fsp3) is 0.600. The van der Waals surface area contributed by atoms with E-state index in [1.165, 1.54) is 6.20 Å². The molecule has 0 aliphatic rings. The van der Waals surface area contributed by atoms with Gasteiger partial charge in [-0.2, -0.15) is 16.9 Å². The van der Waals surface area contributed by atoms with Crippen molar-refractivity contribution in [2.24, 2.45) is 7.05 Å². The highest BCUT2D eigenvalue weighted by Gasteiger charge is 2.14. The Morgan fingerprint density at radius 2 is 2.44 bits per heavy atom. The molecule has 1 heterocycles. The maximum absolute atomic E-state index is 10.9. The number of ether oxygens (including phenoxy) is 1. The van der Waals surface area contributed by atoms with Gasteiger partial charge in [0.1, 0.15) is 5.56 Å². The lowest BCUT2D eigenvalue weighted by Gasteiger charge is -2.03. The minimum Gasteiger partial charge on any atom is -0.478 e. The molecular formula is C10H16N2O3S. The second kappa shape index (κ2) is 6.55. The van der Waals surface area contributed by atoms with Crippen molar-refractivity contribution in [3.63, 3.8) is 0 Å². The Balaban J connectivity index is 2.46. The highest BCUT2D eigenvalue weighted by molar-refractivity contribution is 7.98. The fourth-order valence-electron chi connectivity index (χ4n) is 1.29. The van der Waals surface area contributed by atoms with Gasteiger partial charge in [0, 0.05) is 26.5 Å². The SMILES string of the molecule is COCCCSCc1c(C(=O)O)cnn1C. The van der Waals surface area contributed by atoms with E-state index in [0.29, 0.717) is 11.3 Å². The predicted octanol–water partition coefficient (Wildman–Crippen LogP) is 1.39. The largest absolute Gasteiger partial charge is 0.478 e. The Morgan fingerprint density at radius 1 is 1.69 bits per heavy atom.